The minimum Gasteiger partial charge on any atom is -0.385 e. The lowest BCUT2D eigenvalue weighted by molar-refractivity contribution is 0.694. The summed E-state index contributed by atoms with van der Waals surface area (Å²) in [5.74, 6) is 0. The van der Waals surface area contributed by atoms with Gasteiger partial charge < -0.3 is 10.6 Å². The van der Waals surface area contributed by atoms with Crippen molar-refractivity contribution < 1.29 is 0 Å². The number of unbranched alkanes of at least 4 members (excludes halogenated alkanes) is 1. The number of nitrogens with one attached hydrogen (secondary N) is 2. The first-order valence-corrected chi connectivity index (χ1v) is 4.72. The molecule has 0 atom stereocenters. The maximum atomic E-state index is 3.95. The van der Waals surface area contributed by atoms with Gasteiger partial charge in [0.2, 0.25) is 0 Å². The molecule has 0 spiro atoms. The summed E-state index contributed by atoms with van der Waals surface area (Å²) < 4.78 is 0. The van der Waals surface area contributed by atoms with Crippen molar-refractivity contribution in [2.45, 2.75) is 12.8 Å². The minimum atomic E-state index is 1.03. The molecule has 1 aromatic rings. The highest BCUT2D eigenvalue weighted by Gasteiger charge is 1.89. The van der Waals surface area contributed by atoms with Crippen molar-refractivity contribution in [2.75, 3.05) is 25.5 Å². The summed E-state index contributed by atoms with van der Waals surface area (Å²) in [7, 11) is 1.98. The second-order valence-electron chi connectivity index (χ2n) is 2.97. The quantitative estimate of drug-likeness (QED) is 0.650. The van der Waals surface area contributed by atoms with Crippen molar-refractivity contribution >= 4 is 5.69 Å². The molecule has 2 N–H and O–H groups in total. The van der Waals surface area contributed by atoms with Crippen LogP contribution in [0.3, 0.4) is 0 Å². The van der Waals surface area contributed by atoms with Gasteiger partial charge in [-0.05, 0) is 38.6 Å². The highest BCUT2D eigenvalue weighted by atomic mass is 14.9. The normalized spacial score (nSPS) is 9.92. The van der Waals surface area contributed by atoms with Crippen molar-refractivity contribution in [1.82, 2.24) is 10.3 Å². The van der Waals surface area contributed by atoms with Gasteiger partial charge >= 0.3 is 0 Å². The molecule has 3 heteroatoms. The van der Waals surface area contributed by atoms with E-state index in [9.17, 15) is 0 Å². The number of rotatable bonds is 6. The van der Waals surface area contributed by atoms with Crippen LogP contribution in [0.4, 0.5) is 5.69 Å². The van der Waals surface area contributed by atoms with Crippen molar-refractivity contribution in [1.29, 1.82) is 0 Å². The summed E-state index contributed by atoms with van der Waals surface area (Å²) in [5, 5.41) is 6.46. The van der Waals surface area contributed by atoms with Gasteiger partial charge in [-0.3, -0.25) is 4.98 Å². The Bertz CT molecular complexity index is 211. The average molecular weight is 179 g/mol. The summed E-state index contributed by atoms with van der Waals surface area (Å²) in [6.45, 7) is 2.13. The van der Waals surface area contributed by atoms with Gasteiger partial charge in [-0.15, -0.1) is 0 Å². The molecule has 0 amide bonds. The number of anilines is 1. The van der Waals surface area contributed by atoms with Crippen LogP contribution < -0.4 is 10.6 Å². The monoisotopic (exact) mass is 179 g/mol. The van der Waals surface area contributed by atoms with Gasteiger partial charge in [0.25, 0.3) is 0 Å². The maximum absolute atomic E-state index is 3.95. The molecular weight excluding hydrogens is 162 g/mol. The van der Waals surface area contributed by atoms with Crippen molar-refractivity contribution in [2.24, 2.45) is 0 Å². The van der Waals surface area contributed by atoms with E-state index in [-0.39, 0.29) is 0 Å². The lowest BCUT2D eigenvalue weighted by Gasteiger charge is -2.04. The Morgan fingerprint density at radius 1 is 1.15 bits per heavy atom. The first-order chi connectivity index (χ1) is 6.43. The number of nitrogens with zero attached hydrogens (tertiary/aromatic N) is 1. The molecule has 0 radical (unpaired) electrons. The molecule has 13 heavy (non-hydrogen) atoms. The van der Waals surface area contributed by atoms with Gasteiger partial charge in [-0.2, -0.15) is 0 Å². The van der Waals surface area contributed by atoms with E-state index in [0.29, 0.717) is 0 Å². The molecule has 1 rings (SSSR count). The van der Waals surface area contributed by atoms with Gasteiger partial charge in [0, 0.05) is 24.6 Å². The van der Waals surface area contributed by atoms with Gasteiger partial charge in [0.1, 0.15) is 0 Å². The first kappa shape index (κ1) is 9.99. The molecule has 0 aliphatic rings. The highest BCUT2D eigenvalue weighted by Crippen LogP contribution is 2.02. The van der Waals surface area contributed by atoms with E-state index < -0.39 is 0 Å². The summed E-state index contributed by atoms with van der Waals surface area (Å²) in [4.78, 5) is 3.95. The lowest BCUT2D eigenvalue weighted by atomic mass is 10.3. The third-order valence-electron chi connectivity index (χ3n) is 1.86. The van der Waals surface area contributed by atoms with Crippen LogP contribution in [0.2, 0.25) is 0 Å². The third-order valence-corrected chi connectivity index (χ3v) is 1.86. The van der Waals surface area contributed by atoms with E-state index in [1.807, 2.05) is 19.2 Å². The third kappa shape index (κ3) is 4.48. The SMILES string of the molecule is CNCCCCNc1ccncc1. The van der Waals surface area contributed by atoms with Gasteiger partial charge in [0.05, 0.1) is 0 Å². The fraction of sp³-hybridized carbons (Fsp3) is 0.500. The zero-order valence-corrected chi connectivity index (χ0v) is 8.09. The molecule has 1 heterocycles. The number of hydrogen-bond acceptors (Lipinski definition) is 3. The second kappa shape index (κ2) is 6.43. The van der Waals surface area contributed by atoms with Crippen LogP contribution in [-0.4, -0.2) is 25.1 Å². The van der Waals surface area contributed by atoms with Crippen molar-refractivity contribution in [3.05, 3.63) is 24.5 Å². The Hall–Kier alpha value is -1.09. The molecule has 0 saturated heterocycles. The van der Waals surface area contributed by atoms with Crippen LogP contribution in [0.5, 0.6) is 0 Å². The molecule has 0 aliphatic heterocycles. The summed E-state index contributed by atoms with van der Waals surface area (Å²) >= 11 is 0. The number of hydrogen-bond donors (Lipinski definition) is 2. The molecule has 0 saturated carbocycles. The Kier molecular flexibility index (Phi) is 4.94. The second-order valence-corrected chi connectivity index (χ2v) is 2.97. The molecule has 0 unspecified atom stereocenters. The number of aromatic nitrogens is 1. The first-order valence-electron chi connectivity index (χ1n) is 4.72. The van der Waals surface area contributed by atoms with Crippen LogP contribution in [-0.2, 0) is 0 Å². The van der Waals surface area contributed by atoms with Gasteiger partial charge in [0.15, 0.2) is 0 Å². The van der Waals surface area contributed by atoms with E-state index in [2.05, 4.69) is 15.6 Å². The van der Waals surface area contributed by atoms with Crippen molar-refractivity contribution in [3.8, 4) is 0 Å². The zero-order chi connectivity index (χ0) is 9.36. The standard InChI is InChI=1S/C10H17N3/c1-11-6-2-3-7-13-10-4-8-12-9-5-10/h4-5,8-9,11H,2-3,6-7H2,1H3,(H,12,13). The smallest absolute Gasteiger partial charge is 0.0371 e. The summed E-state index contributed by atoms with van der Waals surface area (Å²) in [5.41, 5.74) is 1.15. The lowest BCUT2D eigenvalue weighted by Crippen LogP contribution is -2.10. The van der Waals surface area contributed by atoms with Crippen LogP contribution in [0, 0.1) is 0 Å². The summed E-state index contributed by atoms with van der Waals surface area (Å²) in [6, 6.07) is 3.97. The molecule has 0 aromatic carbocycles. The van der Waals surface area contributed by atoms with E-state index in [4.69, 9.17) is 0 Å². The fourth-order valence-corrected chi connectivity index (χ4v) is 1.13. The molecule has 1 aromatic heterocycles. The molecule has 0 bridgehead atoms. The topological polar surface area (TPSA) is 37.0 Å². The molecule has 0 fully saturated rings. The van der Waals surface area contributed by atoms with Crippen LogP contribution >= 0.6 is 0 Å². The van der Waals surface area contributed by atoms with E-state index in [1.165, 1.54) is 12.8 Å². The van der Waals surface area contributed by atoms with E-state index in [0.717, 1.165) is 18.8 Å². The van der Waals surface area contributed by atoms with E-state index in [1.54, 1.807) is 12.4 Å². The Balaban J connectivity index is 2.07. The number of pyridine rings is 1. The Morgan fingerprint density at radius 3 is 2.54 bits per heavy atom. The van der Waals surface area contributed by atoms with E-state index >= 15 is 0 Å². The maximum Gasteiger partial charge on any atom is 0.0371 e. The minimum absolute atomic E-state index is 1.03. The van der Waals surface area contributed by atoms with Crippen LogP contribution in [0.1, 0.15) is 12.8 Å². The average Bonchev–Trinajstić information content (AvgIpc) is 2.19. The Labute approximate surface area is 79.6 Å². The van der Waals surface area contributed by atoms with Crippen LogP contribution in [0.25, 0.3) is 0 Å². The largest absolute Gasteiger partial charge is 0.385 e. The molecular formula is C10H17N3. The van der Waals surface area contributed by atoms with Gasteiger partial charge in [-0.25, -0.2) is 0 Å². The van der Waals surface area contributed by atoms with Crippen LogP contribution in [0.15, 0.2) is 24.5 Å². The summed E-state index contributed by atoms with van der Waals surface area (Å²) in [6.07, 6.45) is 6.02. The molecule has 3 nitrogen and oxygen atoms in total. The predicted molar refractivity (Wildman–Crippen MR) is 55.9 cm³/mol. The zero-order valence-electron chi connectivity index (χ0n) is 8.09. The Morgan fingerprint density at radius 2 is 1.85 bits per heavy atom. The highest BCUT2D eigenvalue weighted by molar-refractivity contribution is 5.40. The molecule has 72 valence electrons. The molecule has 0 aliphatic carbocycles. The fourth-order valence-electron chi connectivity index (χ4n) is 1.13. The van der Waals surface area contributed by atoms with Crippen molar-refractivity contribution in [3.63, 3.8) is 0 Å². The van der Waals surface area contributed by atoms with Gasteiger partial charge in [-0.1, -0.05) is 0 Å². The predicted octanol–water partition coefficient (Wildman–Crippen LogP) is 1.49.